The van der Waals surface area contributed by atoms with Crippen molar-refractivity contribution >= 4 is 51.3 Å². The highest BCUT2D eigenvalue weighted by Crippen LogP contribution is 2.62. The van der Waals surface area contributed by atoms with Gasteiger partial charge in [0.15, 0.2) is 0 Å². The standard InChI is InChI=1S/C74H75N3O/c1-12-23-63-68(13-2)78-71-69-62-43-42-61(77(60-28-21-16-22-29-60)72(75)64(44-49(3)4)55-36-32-51(6)33-37-55)46-65(62)74(57-24-17-14-18-25-57,58-26-19-15-20-27-58)66(69)47-67(70(63)71)76(59-40-38-56(39-41-59)73(9,10)11)48-52(7)45-53(8)54-34-30-50(5)31-35-54/h12-14,16-19,21-28,30-47,60H,2,8,15,20,29,48,75H2,1,3-7,9-11H3/b23-12-,52-45-,72-64-. The third-order valence-corrected chi connectivity index (χ3v) is 15.7. The Morgan fingerprint density at radius 2 is 1.47 bits per heavy atom. The average molecular weight is 1020 g/mol. The van der Waals surface area contributed by atoms with Crippen molar-refractivity contribution in [2.45, 2.75) is 98.4 Å². The summed E-state index contributed by atoms with van der Waals surface area (Å²) in [4.78, 5) is 4.87. The number of nitrogens with zero attached hydrogens (tertiary/aromatic N) is 2. The Kier molecular flexibility index (Phi) is 14.9. The van der Waals surface area contributed by atoms with Crippen LogP contribution in [0.4, 0.5) is 17.1 Å². The monoisotopic (exact) mass is 1020 g/mol. The van der Waals surface area contributed by atoms with Gasteiger partial charge in [0.1, 0.15) is 17.2 Å². The van der Waals surface area contributed by atoms with Crippen molar-refractivity contribution in [3.05, 3.63) is 280 Å². The Hall–Kier alpha value is -8.34. The Labute approximate surface area is 464 Å². The molecule has 0 radical (unpaired) electrons. The molecule has 6 aromatic carbocycles. The second-order valence-corrected chi connectivity index (χ2v) is 22.7. The van der Waals surface area contributed by atoms with Gasteiger partial charge in [-0.15, -0.1) is 0 Å². The van der Waals surface area contributed by atoms with Gasteiger partial charge in [0.25, 0.3) is 0 Å². The topological polar surface area (TPSA) is 45.6 Å². The number of furan rings is 1. The van der Waals surface area contributed by atoms with E-state index in [1.54, 1.807) is 0 Å². The minimum atomic E-state index is -0.776. The first-order valence-electron chi connectivity index (χ1n) is 27.7. The van der Waals surface area contributed by atoms with E-state index in [0.717, 1.165) is 92.0 Å². The summed E-state index contributed by atoms with van der Waals surface area (Å²) in [5.74, 6) is 1.43. The predicted molar refractivity (Wildman–Crippen MR) is 336 cm³/mol. The van der Waals surface area contributed by atoms with Gasteiger partial charge in [-0.05, 0) is 153 Å². The van der Waals surface area contributed by atoms with E-state index in [2.05, 4.69) is 280 Å². The van der Waals surface area contributed by atoms with Crippen LogP contribution in [0.25, 0.3) is 45.4 Å². The van der Waals surface area contributed by atoms with Crippen LogP contribution in [-0.4, -0.2) is 12.6 Å². The number of allylic oxidation sites excluding steroid dienone is 12. The summed E-state index contributed by atoms with van der Waals surface area (Å²) >= 11 is 0. The molecule has 0 bridgehead atoms. The molecule has 3 aliphatic rings. The van der Waals surface area contributed by atoms with Crippen molar-refractivity contribution in [3.8, 4) is 11.1 Å². The number of hydrogen-bond donors (Lipinski definition) is 1. The average Bonchev–Trinajstić information content (AvgIpc) is 3.95. The smallest absolute Gasteiger partial charge is 0.145 e. The van der Waals surface area contributed by atoms with Crippen LogP contribution in [-0.2, 0) is 10.8 Å². The highest BCUT2D eigenvalue weighted by molar-refractivity contribution is 6.12. The van der Waals surface area contributed by atoms with Gasteiger partial charge in [0, 0.05) is 34.6 Å². The molecule has 1 heterocycles. The summed E-state index contributed by atoms with van der Waals surface area (Å²) in [5.41, 5.74) is 29.1. The number of benzene rings is 6. The Morgan fingerprint density at radius 3 is 2.09 bits per heavy atom. The molecule has 392 valence electrons. The number of fused-ring (bicyclic) bond motifs is 5. The van der Waals surface area contributed by atoms with Crippen LogP contribution in [0.15, 0.2) is 228 Å². The first-order chi connectivity index (χ1) is 37.6. The fourth-order valence-corrected chi connectivity index (χ4v) is 11.9. The molecule has 10 rings (SSSR count). The van der Waals surface area contributed by atoms with Gasteiger partial charge in [0.05, 0.1) is 22.5 Å². The van der Waals surface area contributed by atoms with Crippen LogP contribution in [0.5, 0.6) is 0 Å². The van der Waals surface area contributed by atoms with E-state index in [0.29, 0.717) is 12.4 Å². The van der Waals surface area contributed by atoms with E-state index in [1.807, 2.05) is 6.08 Å². The van der Waals surface area contributed by atoms with E-state index in [9.17, 15) is 0 Å². The molecule has 2 atom stereocenters. The molecule has 0 saturated carbocycles. The second-order valence-electron chi connectivity index (χ2n) is 22.7. The summed E-state index contributed by atoms with van der Waals surface area (Å²) in [6.07, 6.45) is 29.4. The highest BCUT2D eigenvalue weighted by atomic mass is 16.3. The maximum Gasteiger partial charge on any atom is 0.145 e. The van der Waals surface area contributed by atoms with Crippen molar-refractivity contribution < 1.29 is 4.42 Å². The Balaban J connectivity index is 1.30. The molecule has 0 amide bonds. The summed E-state index contributed by atoms with van der Waals surface area (Å²) in [6.45, 7) is 29.2. The van der Waals surface area contributed by atoms with Gasteiger partial charge < -0.3 is 20.0 Å². The van der Waals surface area contributed by atoms with Crippen molar-refractivity contribution in [1.82, 2.24) is 0 Å². The number of rotatable bonds is 15. The van der Waals surface area contributed by atoms with Gasteiger partial charge in [-0.1, -0.05) is 220 Å². The molecule has 4 heteroatoms. The molecule has 3 aliphatic carbocycles. The molecule has 2 unspecified atom stereocenters. The van der Waals surface area contributed by atoms with Gasteiger partial charge in [-0.3, -0.25) is 0 Å². The molecule has 4 nitrogen and oxygen atoms in total. The fraction of sp³-hybridized carbons (Fsp3) is 0.216. The number of hydrogen-bond acceptors (Lipinski definition) is 4. The van der Waals surface area contributed by atoms with Crippen LogP contribution >= 0.6 is 0 Å². The van der Waals surface area contributed by atoms with E-state index in [1.165, 1.54) is 50.1 Å². The number of aryl methyl sites for hydroxylation is 2. The SMILES string of the molecule is C=Cc1oc2c3c(cc(N(C/C(C)=C\C(=C)c4ccc(C)cc4)c4ccc(C(C)(C)C)cc4)c2c1/C=C\C)C(C1=CCCC=C1)(c1ccccc1)c1cc(N(/C(N)=C(/C=C(C)C)c2ccc(C)cc2)C2C=CC=CC2)ccc1-3. The summed E-state index contributed by atoms with van der Waals surface area (Å²) in [5, 5.41) is 1.04. The largest absolute Gasteiger partial charge is 0.455 e. The lowest BCUT2D eigenvalue weighted by Gasteiger charge is -2.38. The minimum absolute atomic E-state index is 0.0245. The van der Waals surface area contributed by atoms with Crippen LogP contribution in [0.2, 0.25) is 0 Å². The van der Waals surface area contributed by atoms with E-state index in [4.69, 9.17) is 10.2 Å². The van der Waals surface area contributed by atoms with Gasteiger partial charge in [-0.25, -0.2) is 0 Å². The zero-order chi connectivity index (χ0) is 54.9. The molecule has 0 saturated heterocycles. The molecular formula is C74H75N3O. The lowest BCUT2D eigenvalue weighted by atomic mass is 9.66. The van der Waals surface area contributed by atoms with Crippen LogP contribution in [0.1, 0.15) is 124 Å². The minimum Gasteiger partial charge on any atom is -0.455 e. The number of nitrogens with two attached hydrogens (primary N) is 1. The maximum atomic E-state index is 7.72. The van der Waals surface area contributed by atoms with Gasteiger partial charge in [0.2, 0.25) is 0 Å². The molecule has 0 spiro atoms. The maximum absolute atomic E-state index is 7.72. The summed E-state index contributed by atoms with van der Waals surface area (Å²) < 4.78 is 7.36. The van der Waals surface area contributed by atoms with E-state index in [-0.39, 0.29) is 11.5 Å². The van der Waals surface area contributed by atoms with Crippen LogP contribution < -0.4 is 15.5 Å². The highest BCUT2D eigenvalue weighted by Gasteiger charge is 2.50. The first kappa shape index (κ1) is 53.1. The van der Waals surface area contributed by atoms with Crippen LogP contribution in [0.3, 0.4) is 0 Å². The third-order valence-electron chi connectivity index (χ3n) is 15.7. The molecule has 1 aromatic heterocycles. The Morgan fingerprint density at radius 1 is 0.782 bits per heavy atom. The lowest BCUT2D eigenvalue weighted by molar-refractivity contribution is 0.590. The molecule has 7 aromatic rings. The molecule has 0 aliphatic heterocycles. The van der Waals surface area contributed by atoms with Gasteiger partial charge >= 0.3 is 0 Å². The van der Waals surface area contributed by atoms with E-state index >= 15 is 0 Å². The lowest BCUT2D eigenvalue weighted by Crippen LogP contribution is -2.38. The van der Waals surface area contributed by atoms with Crippen molar-refractivity contribution in [3.63, 3.8) is 0 Å². The first-order valence-corrected chi connectivity index (χ1v) is 27.7. The number of anilines is 3. The Bertz CT molecular complexity index is 3680. The molecule has 0 fully saturated rings. The zero-order valence-corrected chi connectivity index (χ0v) is 47.3. The predicted octanol–water partition coefficient (Wildman–Crippen LogP) is 19.4. The summed E-state index contributed by atoms with van der Waals surface area (Å²) in [6, 6.07) is 47.2. The summed E-state index contributed by atoms with van der Waals surface area (Å²) in [7, 11) is 0. The molecule has 2 N–H and O–H groups in total. The fourth-order valence-electron chi connectivity index (χ4n) is 11.9. The second kappa shape index (κ2) is 22.0. The van der Waals surface area contributed by atoms with Gasteiger partial charge in [-0.2, -0.15) is 0 Å². The van der Waals surface area contributed by atoms with Crippen LogP contribution in [0, 0.1) is 13.8 Å². The van der Waals surface area contributed by atoms with Crippen molar-refractivity contribution in [2.75, 3.05) is 16.3 Å². The third kappa shape index (κ3) is 9.97. The quantitative estimate of drug-likeness (QED) is 0.104. The zero-order valence-electron chi connectivity index (χ0n) is 47.3. The van der Waals surface area contributed by atoms with E-state index < -0.39 is 5.41 Å². The molecule has 78 heavy (non-hydrogen) atoms. The van der Waals surface area contributed by atoms with Crippen molar-refractivity contribution in [1.29, 1.82) is 0 Å². The van der Waals surface area contributed by atoms with Crippen molar-refractivity contribution in [2.24, 2.45) is 5.73 Å². The molecular weight excluding hydrogens is 947 g/mol. The normalized spacial score (nSPS) is 17.2.